The van der Waals surface area contributed by atoms with Crippen LogP contribution in [0.1, 0.15) is 17.3 Å². The van der Waals surface area contributed by atoms with Crippen LogP contribution in [0.3, 0.4) is 0 Å². The number of anilines is 2. The van der Waals surface area contributed by atoms with Gasteiger partial charge in [-0.25, -0.2) is 4.79 Å². The van der Waals surface area contributed by atoms with E-state index in [0.29, 0.717) is 26.9 Å². The first kappa shape index (κ1) is 17.3. The number of para-hydroxylation sites is 1. The summed E-state index contributed by atoms with van der Waals surface area (Å²) in [6.07, 6.45) is 0. The molecule has 25 heavy (non-hydrogen) atoms. The molecular formula is C17H13Cl2N3O3. The minimum atomic E-state index is -0.441. The number of hydrogen-bond donors (Lipinski definition) is 1. The van der Waals surface area contributed by atoms with E-state index >= 15 is 0 Å². The quantitative estimate of drug-likeness (QED) is 0.632. The van der Waals surface area contributed by atoms with Gasteiger partial charge in [0.2, 0.25) is 0 Å². The van der Waals surface area contributed by atoms with Gasteiger partial charge >= 0.3 is 12.0 Å². The summed E-state index contributed by atoms with van der Waals surface area (Å²) in [7, 11) is 0. The van der Waals surface area contributed by atoms with E-state index in [1.54, 1.807) is 49.4 Å². The average molecular weight is 378 g/mol. The second kappa shape index (κ2) is 7.55. The Kier molecular flexibility index (Phi) is 5.21. The third-order valence-corrected chi connectivity index (χ3v) is 4.09. The Labute approximate surface area is 153 Å². The van der Waals surface area contributed by atoms with Crippen LogP contribution in [0.25, 0.3) is 11.5 Å². The van der Waals surface area contributed by atoms with Gasteiger partial charge < -0.3 is 14.5 Å². The molecule has 3 rings (SSSR count). The van der Waals surface area contributed by atoms with Crippen molar-refractivity contribution in [1.82, 2.24) is 10.2 Å². The number of hydrogen-bond acceptors (Lipinski definition) is 6. The molecule has 0 radical (unpaired) electrons. The molecule has 0 fully saturated rings. The first-order chi connectivity index (χ1) is 12.1. The van der Waals surface area contributed by atoms with Crippen LogP contribution in [0, 0.1) is 0 Å². The number of esters is 1. The molecule has 0 amide bonds. The van der Waals surface area contributed by atoms with Gasteiger partial charge in [-0.1, -0.05) is 46.5 Å². The van der Waals surface area contributed by atoms with Crippen LogP contribution < -0.4 is 5.32 Å². The molecule has 1 heterocycles. The van der Waals surface area contributed by atoms with Crippen LogP contribution in [0.5, 0.6) is 0 Å². The van der Waals surface area contributed by atoms with Crippen molar-refractivity contribution in [2.75, 3.05) is 11.9 Å². The van der Waals surface area contributed by atoms with Gasteiger partial charge in [-0.2, -0.15) is 0 Å². The molecule has 0 aliphatic heterocycles. The molecule has 0 bridgehead atoms. The van der Waals surface area contributed by atoms with Crippen molar-refractivity contribution in [3.63, 3.8) is 0 Å². The average Bonchev–Trinajstić information content (AvgIpc) is 3.06. The first-order valence-electron chi connectivity index (χ1n) is 7.41. The smallest absolute Gasteiger partial charge is 0.340 e. The maximum absolute atomic E-state index is 12.0. The van der Waals surface area contributed by atoms with E-state index in [0.717, 1.165) is 0 Å². The molecule has 0 saturated heterocycles. The Bertz CT molecular complexity index is 912. The van der Waals surface area contributed by atoms with Crippen molar-refractivity contribution in [2.24, 2.45) is 0 Å². The van der Waals surface area contributed by atoms with E-state index in [-0.39, 0.29) is 18.5 Å². The zero-order valence-corrected chi connectivity index (χ0v) is 14.6. The highest BCUT2D eigenvalue weighted by molar-refractivity contribution is 6.43. The second-order valence-electron chi connectivity index (χ2n) is 4.90. The predicted molar refractivity (Wildman–Crippen MR) is 95.4 cm³/mol. The van der Waals surface area contributed by atoms with Gasteiger partial charge in [0, 0.05) is 0 Å². The molecule has 1 N–H and O–H groups in total. The normalized spacial score (nSPS) is 10.5. The van der Waals surface area contributed by atoms with Crippen LogP contribution in [0.4, 0.5) is 11.7 Å². The summed E-state index contributed by atoms with van der Waals surface area (Å²) in [5.74, 6) is -0.230. The number of nitrogens with one attached hydrogen (secondary N) is 1. The van der Waals surface area contributed by atoms with E-state index in [1.165, 1.54) is 0 Å². The van der Waals surface area contributed by atoms with E-state index in [2.05, 4.69) is 15.5 Å². The van der Waals surface area contributed by atoms with Crippen LogP contribution >= 0.6 is 23.2 Å². The molecule has 0 spiro atoms. The highest BCUT2D eigenvalue weighted by atomic mass is 35.5. The van der Waals surface area contributed by atoms with Gasteiger partial charge in [0.25, 0.3) is 5.89 Å². The number of benzene rings is 2. The highest BCUT2D eigenvalue weighted by Crippen LogP contribution is 2.33. The predicted octanol–water partition coefficient (Wildman–Crippen LogP) is 4.96. The lowest BCUT2D eigenvalue weighted by Crippen LogP contribution is -2.07. The Morgan fingerprint density at radius 3 is 2.76 bits per heavy atom. The van der Waals surface area contributed by atoms with Crippen molar-refractivity contribution in [2.45, 2.75) is 6.92 Å². The van der Waals surface area contributed by atoms with Gasteiger partial charge in [-0.15, -0.1) is 5.10 Å². The summed E-state index contributed by atoms with van der Waals surface area (Å²) >= 11 is 12.2. The van der Waals surface area contributed by atoms with E-state index in [4.69, 9.17) is 32.4 Å². The van der Waals surface area contributed by atoms with Gasteiger partial charge in [0.15, 0.2) is 0 Å². The van der Waals surface area contributed by atoms with Crippen molar-refractivity contribution >= 4 is 40.9 Å². The van der Waals surface area contributed by atoms with Crippen molar-refractivity contribution in [3.8, 4) is 11.5 Å². The molecule has 0 saturated carbocycles. The highest BCUT2D eigenvalue weighted by Gasteiger charge is 2.16. The number of carbonyl (C=O) groups excluding carboxylic acids is 1. The van der Waals surface area contributed by atoms with E-state index in [9.17, 15) is 4.79 Å². The molecule has 128 valence electrons. The Hall–Kier alpha value is -2.57. The van der Waals surface area contributed by atoms with Gasteiger partial charge in [0.05, 0.1) is 33.5 Å². The fourth-order valence-electron chi connectivity index (χ4n) is 2.15. The zero-order valence-electron chi connectivity index (χ0n) is 13.1. The summed E-state index contributed by atoms with van der Waals surface area (Å²) < 4.78 is 10.6. The number of nitrogens with zero attached hydrogens (tertiary/aromatic N) is 2. The SMILES string of the molecule is CCOC(=O)c1ccccc1Nc1nnc(-c2cccc(Cl)c2Cl)o1. The molecule has 3 aromatic rings. The van der Waals surface area contributed by atoms with Crippen LogP contribution in [0.2, 0.25) is 10.0 Å². The lowest BCUT2D eigenvalue weighted by atomic mass is 10.2. The fraction of sp³-hybridized carbons (Fsp3) is 0.118. The number of carbonyl (C=O) groups is 1. The Morgan fingerprint density at radius 1 is 1.16 bits per heavy atom. The van der Waals surface area contributed by atoms with Crippen molar-refractivity contribution < 1.29 is 13.9 Å². The molecule has 0 atom stereocenters. The Balaban J connectivity index is 1.88. The molecule has 0 unspecified atom stereocenters. The third-order valence-electron chi connectivity index (χ3n) is 3.27. The maximum atomic E-state index is 12.0. The molecule has 0 aliphatic carbocycles. The minimum absolute atomic E-state index is 0.114. The molecule has 1 aromatic heterocycles. The number of halogens is 2. The summed E-state index contributed by atoms with van der Waals surface area (Å²) in [5.41, 5.74) is 1.38. The third kappa shape index (κ3) is 3.75. The van der Waals surface area contributed by atoms with Gasteiger partial charge in [-0.3, -0.25) is 0 Å². The summed E-state index contributed by atoms with van der Waals surface area (Å²) in [4.78, 5) is 12.0. The Morgan fingerprint density at radius 2 is 1.96 bits per heavy atom. The summed E-state index contributed by atoms with van der Waals surface area (Å²) in [6, 6.07) is 12.1. The largest absolute Gasteiger partial charge is 0.462 e. The van der Waals surface area contributed by atoms with Crippen LogP contribution in [-0.2, 0) is 4.74 Å². The van der Waals surface area contributed by atoms with Crippen LogP contribution in [0.15, 0.2) is 46.9 Å². The first-order valence-corrected chi connectivity index (χ1v) is 8.16. The second-order valence-corrected chi connectivity index (χ2v) is 5.69. The topological polar surface area (TPSA) is 77.2 Å². The summed E-state index contributed by atoms with van der Waals surface area (Å²) in [5, 5.41) is 11.5. The molecule has 2 aromatic carbocycles. The molecular weight excluding hydrogens is 365 g/mol. The number of rotatable bonds is 5. The standard InChI is InChI=1S/C17H13Cl2N3O3/c1-2-24-16(23)10-6-3-4-9-13(10)20-17-22-21-15(25-17)11-7-5-8-12(18)14(11)19/h3-9H,2H2,1H3,(H,20,22). The number of aromatic nitrogens is 2. The van der Waals surface area contributed by atoms with Crippen molar-refractivity contribution in [3.05, 3.63) is 58.1 Å². The number of ether oxygens (including phenoxy) is 1. The maximum Gasteiger partial charge on any atom is 0.340 e. The monoisotopic (exact) mass is 377 g/mol. The van der Waals surface area contributed by atoms with E-state index < -0.39 is 5.97 Å². The molecule has 0 aliphatic rings. The lowest BCUT2D eigenvalue weighted by molar-refractivity contribution is 0.0527. The lowest BCUT2D eigenvalue weighted by Gasteiger charge is -2.08. The summed E-state index contributed by atoms with van der Waals surface area (Å²) in [6.45, 7) is 2.03. The van der Waals surface area contributed by atoms with E-state index in [1.807, 2.05) is 0 Å². The van der Waals surface area contributed by atoms with Gasteiger partial charge in [0.1, 0.15) is 0 Å². The van der Waals surface area contributed by atoms with Crippen LogP contribution in [-0.4, -0.2) is 22.8 Å². The minimum Gasteiger partial charge on any atom is -0.462 e. The van der Waals surface area contributed by atoms with Crippen molar-refractivity contribution in [1.29, 1.82) is 0 Å². The molecule has 6 nitrogen and oxygen atoms in total. The van der Waals surface area contributed by atoms with Gasteiger partial charge in [-0.05, 0) is 31.2 Å². The zero-order chi connectivity index (χ0) is 17.8. The molecule has 8 heteroatoms. The fourth-order valence-corrected chi connectivity index (χ4v) is 2.53.